The molecule has 0 saturated carbocycles. The first-order chi connectivity index (χ1) is 6.77. The molecule has 14 heavy (non-hydrogen) atoms. The zero-order chi connectivity index (χ0) is 9.97. The highest BCUT2D eigenvalue weighted by Crippen LogP contribution is 2.24. The Morgan fingerprint density at radius 1 is 1.50 bits per heavy atom. The standard InChI is InChI=1S/C11H12O3/c12-11(13)9(10-7-14-10)6-8-4-2-1-3-5-8/h1-5,9-10H,6-7H2,(H,12,13)/t9-,10-/m0/s1. The Kier molecular flexibility index (Phi) is 2.50. The molecule has 3 heteroatoms. The molecule has 1 N–H and O–H groups in total. The predicted molar refractivity (Wildman–Crippen MR) is 51.0 cm³/mol. The van der Waals surface area contributed by atoms with E-state index in [0.717, 1.165) is 5.56 Å². The third-order valence-corrected chi connectivity index (χ3v) is 2.42. The van der Waals surface area contributed by atoms with Crippen LogP contribution in [0.5, 0.6) is 0 Å². The third kappa shape index (κ3) is 2.12. The lowest BCUT2D eigenvalue weighted by molar-refractivity contribution is -0.142. The smallest absolute Gasteiger partial charge is 0.309 e. The molecule has 0 bridgehead atoms. The number of carboxylic acid groups (broad SMARTS) is 1. The number of hydrogen-bond acceptors (Lipinski definition) is 2. The van der Waals surface area contributed by atoms with Crippen LogP contribution in [0, 0.1) is 5.92 Å². The van der Waals surface area contributed by atoms with Gasteiger partial charge in [-0.15, -0.1) is 0 Å². The number of aliphatic carboxylic acids is 1. The van der Waals surface area contributed by atoms with E-state index < -0.39 is 11.9 Å². The van der Waals surface area contributed by atoms with E-state index in [1.807, 2.05) is 30.3 Å². The van der Waals surface area contributed by atoms with Crippen molar-refractivity contribution in [3.8, 4) is 0 Å². The normalized spacial score (nSPS) is 21.6. The molecule has 0 aromatic heterocycles. The van der Waals surface area contributed by atoms with Crippen molar-refractivity contribution in [3.05, 3.63) is 35.9 Å². The highest BCUT2D eigenvalue weighted by molar-refractivity contribution is 5.71. The molecule has 0 spiro atoms. The minimum atomic E-state index is -0.767. The third-order valence-electron chi connectivity index (χ3n) is 2.42. The van der Waals surface area contributed by atoms with Gasteiger partial charge in [0, 0.05) is 0 Å². The Labute approximate surface area is 82.3 Å². The molecule has 1 saturated heterocycles. The maximum atomic E-state index is 10.9. The Hall–Kier alpha value is -1.35. The Morgan fingerprint density at radius 2 is 2.14 bits per heavy atom. The fourth-order valence-electron chi connectivity index (χ4n) is 1.53. The summed E-state index contributed by atoms with van der Waals surface area (Å²) >= 11 is 0. The maximum Gasteiger partial charge on any atom is 0.309 e. The topological polar surface area (TPSA) is 49.8 Å². The summed E-state index contributed by atoms with van der Waals surface area (Å²) in [5.41, 5.74) is 1.05. The first kappa shape index (κ1) is 9.21. The van der Waals surface area contributed by atoms with Gasteiger partial charge in [-0.05, 0) is 12.0 Å². The molecule has 0 amide bonds. The second kappa shape index (κ2) is 3.80. The fraction of sp³-hybridized carbons (Fsp3) is 0.364. The molecular formula is C11H12O3. The van der Waals surface area contributed by atoms with Crippen LogP contribution in [0.25, 0.3) is 0 Å². The molecule has 1 aromatic carbocycles. The number of epoxide rings is 1. The van der Waals surface area contributed by atoms with Gasteiger partial charge in [-0.2, -0.15) is 0 Å². The van der Waals surface area contributed by atoms with Crippen molar-refractivity contribution in [2.75, 3.05) is 6.61 Å². The summed E-state index contributed by atoms with van der Waals surface area (Å²) in [6.07, 6.45) is 0.480. The molecule has 3 nitrogen and oxygen atoms in total. The van der Waals surface area contributed by atoms with Crippen molar-refractivity contribution < 1.29 is 14.6 Å². The Bertz CT molecular complexity index is 317. The summed E-state index contributed by atoms with van der Waals surface area (Å²) in [5, 5.41) is 8.96. The van der Waals surface area contributed by atoms with Crippen molar-refractivity contribution in [1.29, 1.82) is 0 Å². The average Bonchev–Trinajstić information content (AvgIpc) is 2.99. The van der Waals surface area contributed by atoms with Gasteiger partial charge in [0.2, 0.25) is 0 Å². The largest absolute Gasteiger partial charge is 0.481 e. The molecule has 74 valence electrons. The first-order valence-electron chi connectivity index (χ1n) is 4.65. The number of carboxylic acids is 1. The van der Waals surface area contributed by atoms with Crippen LogP contribution in [0.15, 0.2) is 30.3 Å². The predicted octanol–water partition coefficient (Wildman–Crippen LogP) is 1.33. The van der Waals surface area contributed by atoms with Gasteiger partial charge in [0.25, 0.3) is 0 Å². The number of rotatable bonds is 4. The lowest BCUT2D eigenvalue weighted by Crippen LogP contribution is -2.22. The molecule has 1 heterocycles. The minimum absolute atomic E-state index is 0.0762. The monoisotopic (exact) mass is 192 g/mol. The maximum absolute atomic E-state index is 10.9. The van der Waals surface area contributed by atoms with Crippen molar-refractivity contribution >= 4 is 5.97 Å². The van der Waals surface area contributed by atoms with E-state index in [4.69, 9.17) is 9.84 Å². The number of ether oxygens (including phenoxy) is 1. The summed E-state index contributed by atoms with van der Waals surface area (Å²) in [4.78, 5) is 10.9. The van der Waals surface area contributed by atoms with Crippen LogP contribution in [0.4, 0.5) is 0 Å². The molecule has 0 aliphatic carbocycles. The van der Waals surface area contributed by atoms with E-state index in [-0.39, 0.29) is 6.10 Å². The molecule has 1 aliphatic heterocycles. The SMILES string of the molecule is O=C(O)[C@@H](Cc1ccccc1)[C@@H]1CO1. The summed E-state index contributed by atoms with van der Waals surface area (Å²) in [7, 11) is 0. The highest BCUT2D eigenvalue weighted by atomic mass is 16.6. The van der Waals surface area contributed by atoms with E-state index >= 15 is 0 Å². The number of benzene rings is 1. The van der Waals surface area contributed by atoms with E-state index in [9.17, 15) is 4.79 Å². The van der Waals surface area contributed by atoms with Gasteiger partial charge >= 0.3 is 5.97 Å². The minimum Gasteiger partial charge on any atom is -0.481 e. The van der Waals surface area contributed by atoms with Crippen molar-refractivity contribution in [2.45, 2.75) is 12.5 Å². The van der Waals surface area contributed by atoms with Gasteiger partial charge in [0.1, 0.15) is 0 Å². The quantitative estimate of drug-likeness (QED) is 0.732. The molecular weight excluding hydrogens is 180 g/mol. The van der Waals surface area contributed by atoms with E-state index in [0.29, 0.717) is 13.0 Å². The molecule has 1 fully saturated rings. The number of hydrogen-bond donors (Lipinski definition) is 1. The highest BCUT2D eigenvalue weighted by Gasteiger charge is 2.37. The van der Waals surface area contributed by atoms with Gasteiger partial charge < -0.3 is 9.84 Å². The van der Waals surface area contributed by atoms with Gasteiger partial charge in [0.05, 0.1) is 18.6 Å². The molecule has 0 radical (unpaired) electrons. The average molecular weight is 192 g/mol. The lowest BCUT2D eigenvalue weighted by Gasteiger charge is -2.08. The molecule has 2 atom stereocenters. The van der Waals surface area contributed by atoms with Crippen molar-refractivity contribution in [1.82, 2.24) is 0 Å². The zero-order valence-corrected chi connectivity index (χ0v) is 7.72. The van der Waals surface area contributed by atoms with E-state index in [1.165, 1.54) is 0 Å². The molecule has 2 rings (SSSR count). The molecule has 1 aliphatic rings. The van der Waals surface area contributed by atoms with Crippen LogP contribution in [0.1, 0.15) is 5.56 Å². The first-order valence-corrected chi connectivity index (χ1v) is 4.65. The van der Waals surface area contributed by atoms with E-state index in [2.05, 4.69) is 0 Å². The van der Waals surface area contributed by atoms with Crippen molar-refractivity contribution in [2.24, 2.45) is 5.92 Å². The molecule has 0 unspecified atom stereocenters. The van der Waals surface area contributed by atoms with E-state index in [1.54, 1.807) is 0 Å². The Balaban J connectivity index is 2.04. The van der Waals surface area contributed by atoms with Gasteiger partial charge in [-0.3, -0.25) is 4.79 Å². The second-order valence-electron chi connectivity index (χ2n) is 3.51. The van der Waals surface area contributed by atoms with Gasteiger partial charge in [-0.1, -0.05) is 30.3 Å². The fourth-order valence-corrected chi connectivity index (χ4v) is 1.53. The summed E-state index contributed by atoms with van der Waals surface area (Å²) < 4.78 is 5.02. The zero-order valence-electron chi connectivity index (χ0n) is 7.72. The summed E-state index contributed by atoms with van der Waals surface area (Å²) in [6.45, 7) is 0.587. The van der Waals surface area contributed by atoms with Crippen LogP contribution >= 0.6 is 0 Å². The van der Waals surface area contributed by atoms with Gasteiger partial charge in [0.15, 0.2) is 0 Å². The second-order valence-corrected chi connectivity index (χ2v) is 3.51. The van der Waals surface area contributed by atoms with Gasteiger partial charge in [-0.25, -0.2) is 0 Å². The summed E-state index contributed by atoms with van der Waals surface area (Å²) in [5.74, 6) is -1.16. The summed E-state index contributed by atoms with van der Waals surface area (Å²) in [6, 6.07) is 9.65. The van der Waals surface area contributed by atoms with Crippen LogP contribution in [-0.2, 0) is 16.0 Å². The Morgan fingerprint density at radius 3 is 2.64 bits per heavy atom. The van der Waals surface area contributed by atoms with Crippen LogP contribution in [-0.4, -0.2) is 23.8 Å². The van der Waals surface area contributed by atoms with Crippen LogP contribution < -0.4 is 0 Å². The van der Waals surface area contributed by atoms with Crippen molar-refractivity contribution in [3.63, 3.8) is 0 Å². The lowest BCUT2D eigenvalue weighted by atomic mass is 9.97. The van der Waals surface area contributed by atoms with Crippen LogP contribution in [0.3, 0.4) is 0 Å². The van der Waals surface area contributed by atoms with Crippen LogP contribution in [0.2, 0.25) is 0 Å². The number of carbonyl (C=O) groups is 1. The molecule has 1 aromatic rings.